The fourth-order valence-electron chi connectivity index (χ4n) is 3.77. The highest BCUT2D eigenvalue weighted by atomic mass is 14.4. The van der Waals surface area contributed by atoms with Crippen molar-refractivity contribution < 1.29 is 0 Å². The molecule has 0 unspecified atom stereocenters. The predicted octanol–water partition coefficient (Wildman–Crippen LogP) is 6.63. The smallest absolute Gasteiger partial charge is 0.0689 e. The van der Waals surface area contributed by atoms with E-state index in [0.717, 1.165) is 12.3 Å². The summed E-state index contributed by atoms with van der Waals surface area (Å²) >= 11 is 0. The van der Waals surface area contributed by atoms with Crippen molar-refractivity contribution in [2.45, 2.75) is 104 Å². The second kappa shape index (κ2) is 10.3. The summed E-state index contributed by atoms with van der Waals surface area (Å²) in [5, 5.41) is 9.58. The number of rotatable bonds is 10. The van der Waals surface area contributed by atoms with Gasteiger partial charge in [-0.1, -0.05) is 71.6 Å². The predicted molar refractivity (Wildman–Crippen MR) is 87.5 cm³/mol. The van der Waals surface area contributed by atoms with Gasteiger partial charge in [0.1, 0.15) is 0 Å². The fourth-order valence-corrected chi connectivity index (χ4v) is 3.77. The first-order valence-corrected chi connectivity index (χ1v) is 9.17. The van der Waals surface area contributed by atoms with E-state index in [-0.39, 0.29) is 5.41 Å². The highest BCUT2D eigenvalue weighted by molar-refractivity contribution is 5.01. The Bertz CT molecular complexity index is 268. The Morgan fingerprint density at radius 1 is 0.900 bits per heavy atom. The Morgan fingerprint density at radius 2 is 1.50 bits per heavy atom. The summed E-state index contributed by atoms with van der Waals surface area (Å²) in [6, 6.07) is 2.69. The highest BCUT2D eigenvalue weighted by Crippen LogP contribution is 2.43. The Kier molecular flexibility index (Phi) is 8.99. The van der Waals surface area contributed by atoms with Crippen molar-refractivity contribution in [3.63, 3.8) is 0 Å². The molecule has 1 heteroatoms. The lowest BCUT2D eigenvalue weighted by Gasteiger charge is -2.35. The molecule has 0 amide bonds. The van der Waals surface area contributed by atoms with Crippen molar-refractivity contribution in [1.29, 1.82) is 5.26 Å². The Morgan fingerprint density at radius 3 is 2.05 bits per heavy atom. The lowest BCUT2D eigenvalue weighted by Crippen LogP contribution is -2.26. The number of nitrogens with zero attached hydrogens (tertiary/aromatic N) is 1. The molecular formula is C19H35N. The van der Waals surface area contributed by atoms with E-state index in [1.54, 1.807) is 0 Å². The van der Waals surface area contributed by atoms with Crippen LogP contribution in [0, 0.1) is 22.7 Å². The van der Waals surface area contributed by atoms with Gasteiger partial charge in [0.25, 0.3) is 0 Å². The van der Waals surface area contributed by atoms with Crippen molar-refractivity contribution in [3.05, 3.63) is 0 Å². The van der Waals surface area contributed by atoms with Gasteiger partial charge in [0.05, 0.1) is 11.5 Å². The molecule has 1 rings (SSSR count). The van der Waals surface area contributed by atoms with Crippen LogP contribution in [0.4, 0.5) is 0 Å². The van der Waals surface area contributed by atoms with E-state index in [1.165, 1.54) is 83.5 Å². The first kappa shape index (κ1) is 17.5. The van der Waals surface area contributed by atoms with Crippen LogP contribution in [0.15, 0.2) is 0 Å². The zero-order valence-electron chi connectivity index (χ0n) is 13.9. The van der Waals surface area contributed by atoms with Gasteiger partial charge < -0.3 is 0 Å². The largest absolute Gasteiger partial charge is 0.198 e. The molecule has 0 atom stereocenters. The molecule has 1 aliphatic rings. The van der Waals surface area contributed by atoms with Crippen LogP contribution in [-0.2, 0) is 0 Å². The molecule has 1 fully saturated rings. The van der Waals surface area contributed by atoms with E-state index in [4.69, 9.17) is 0 Å². The van der Waals surface area contributed by atoms with Gasteiger partial charge >= 0.3 is 0 Å². The van der Waals surface area contributed by atoms with Crippen LogP contribution in [-0.4, -0.2) is 0 Å². The first-order chi connectivity index (χ1) is 9.76. The quantitative estimate of drug-likeness (QED) is 0.411. The minimum absolute atomic E-state index is 0.0493. The monoisotopic (exact) mass is 277 g/mol. The lowest BCUT2D eigenvalue weighted by atomic mass is 9.68. The van der Waals surface area contributed by atoms with E-state index in [9.17, 15) is 5.26 Å². The summed E-state index contributed by atoms with van der Waals surface area (Å²) in [6.45, 7) is 4.55. The third-order valence-electron chi connectivity index (χ3n) is 5.26. The van der Waals surface area contributed by atoms with Gasteiger partial charge in [0.15, 0.2) is 0 Å². The maximum Gasteiger partial charge on any atom is 0.0689 e. The van der Waals surface area contributed by atoms with E-state index in [0.29, 0.717) is 0 Å². The van der Waals surface area contributed by atoms with Crippen LogP contribution in [0.2, 0.25) is 0 Å². The summed E-state index contributed by atoms with van der Waals surface area (Å²) in [5.74, 6) is 0.913. The molecule has 0 heterocycles. The second-order valence-corrected chi connectivity index (χ2v) is 7.00. The van der Waals surface area contributed by atoms with Gasteiger partial charge in [-0.15, -0.1) is 0 Å². The second-order valence-electron chi connectivity index (χ2n) is 7.00. The topological polar surface area (TPSA) is 23.8 Å². The van der Waals surface area contributed by atoms with Gasteiger partial charge in [-0.3, -0.25) is 0 Å². The fraction of sp³-hybridized carbons (Fsp3) is 0.947. The van der Waals surface area contributed by atoms with Crippen LogP contribution in [0.1, 0.15) is 104 Å². The SMILES string of the molecule is CCCCCCCCCC1(C#N)CCC(CCC)CC1. The number of unbranched alkanes of at least 4 members (excludes halogenated alkanes) is 6. The highest BCUT2D eigenvalue weighted by Gasteiger charge is 2.34. The number of hydrogen-bond donors (Lipinski definition) is 0. The summed E-state index contributed by atoms with van der Waals surface area (Å²) in [6.07, 6.45) is 18.3. The Balaban J connectivity index is 2.15. The van der Waals surface area contributed by atoms with E-state index in [1.807, 2.05) is 0 Å². The molecule has 1 aliphatic carbocycles. The number of hydrogen-bond acceptors (Lipinski definition) is 1. The average Bonchev–Trinajstić information content (AvgIpc) is 2.48. The normalized spacial score (nSPS) is 26.4. The molecular weight excluding hydrogens is 242 g/mol. The van der Waals surface area contributed by atoms with Crippen LogP contribution in [0.3, 0.4) is 0 Å². The maximum absolute atomic E-state index is 9.58. The molecule has 116 valence electrons. The maximum atomic E-state index is 9.58. The third kappa shape index (κ3) is 6.29. The molecule has 0 spiro atoms. The van der Waals surface area contributed by atoms with E-state index in [2.05, 4.69) is 19.9 Å². The Hall–Kier alpha value is -0.510. The van der Waals surface area contributed by atoms with Gasteiger partial charge in [0, 0.05) is 0 Å². The van der Waals surface area contributed by atoms with Gasteiger partial charge in [-0.2, -0.15) is 5.26 Å². The zero-order chi connectivity index (χ0) is 14.7. The molecule has 20 heavy (non-hydrogen) atoms. The average molecular weight is 277 g/mol. The summed E-state index contributed by atoms with van der Waals surface area (Å²) in [7, 11) is 0. The van der Waals surface area contributed by atoms with Crippen LogP contribution in [0.5, 0.6) is 0 Å². The molecule has 0 aromatic heterocycles. The molecule has 1 saturated carbocycles. The molecule has 0 aliphatic heterocycles. The standard InChI is InChI=1S/C19H35N/c1-3-5-6-7-8-9-10-14-19(17-20)15-12-18(11-4-2)13-16-19/h18H,3-16H2,1-2H3. The van der Waals surface area contributed by atoms with Crippen molar-refractivity contribution >= 4 is 0 Å². The molecule has 1 nitrogen and oxygen atoms in total. The minimum atomic E-state index is 0.0493. The molecule has 0 N–H and O–H groups in total. The van der Waals surface area contributed by atoms with Gasteiger partial charge in [-0.05, 0) is 38.0 Å². The van der Waals surface area contributed by atoms with Crippen LogP contribution in [0.25, 0.3) is 0 Å². The van der Waals surface area contributed by atoms with Crippen molar-refractivity contribution in [3.8, 4) is 6.07 Å². The third-order valence-corrected chi connectivity index (χ3v) is 5.26. The zero-order valence-corrected chi connectivity index (χ0v) is 13.9. The van der Waals surface area contributed by atoms with Crippen molar-refractivity contribution in [1.82, 2.24) is 0 Å². The van der Waals surface area contributed by atoms with Crippen molar-refractivity contribution in [2.75, 3.05) is 0 Å². The molecule has 0 saturated heterocycles. The van der Waals surface area contributed by atoms with Crippen LogP contribution < -0.4 is 0 Å². The molecule has 0 radical (unpaired) electrons. The molecule has 0 aromatic rings. The Labute approximate surface area is 127 Å². The minimum Gasteiger partial charge on any atom is -0.198 e. The summed E-state index contributed by atoms with van der Waals surface area (Å²) in [4.78, 5) is 0. The summed E-state index contributed by atoms with van der Waals surface area (Å²) in [5.41, 5.74) is 0.0493. The van der Waals surface area contributed by atoms with Gasteiger partial charge in [-0.25, -0.2) is 0 Å². The lowest BCUT2D eigenvalue weighted by molar-refractivity contribution is 0.185. The van der Waals surface area contributed by atoms with E-state index < -0.39 is 0 Å². The molecule has 0 bridgehead atoms. The van der Waals surface area contributed by atoms with E-state index >= 15 is 0 Å². The first-order valence-electron chi connectivity index (χ1n) is 9.17. The van der Waals surface area contributed by atoms with Crippen LogP contribution >= 0.6 is 0 Å². The number of nitriles is 1. The molecule has 0 aromatic carbocycles. The van der Waals surface area contributed by atoms with Gasteiger partial charge in [0.2, 0.25) is 0 Å². The van der Waals surface area contributed by atoms with Crippen molar-refractivity contribution in [2.24, 2.45) is 11.3 Å². The summed E-state index contributed by atoms with van der Waals surface area (Å²) < 4.78 is 0.